The van der Waals surface area contributed by atoms with E-state index < -0.39 is 0 Å². The number of halogens is 1. The second-order valence-corrected chi connectivity index (χ2v) is 4.23. The molecule has 2 aromatic carbocycles. The Labute approximate surface area is 106 Å². The highest BCUT2D eigenvalue weighted by atomic mass is 35.5. The summed E-state index contributed by atoms with van der Waals surface area (Å²) in [6.07, 6.45) is 1.79. The van der Waals surface area contributed by atoms with Crippen molar-refractivity contribution in [1.29, 1.82) is 0 Å². The first-order chi connectivity index (χ1) is 8.24. The Bertz CT molecular complexity index is 518. The number of hydrogen-bond acceptors (Lipinski definition) is 2. The van der Waals surface area contributed by atoms with Crippen molar-refractivity contribution >= 4 is 23.5 Å². The zero-order valence-electron chi connectivity index (χ0n) is 9.52. The molecule has 1 N–H and O–H groups in total. The molecule has 17 heavy (non-hydrogen) atoms. The number of hydrogen-bond donors (Lipinski definition) is 1. The summed E-state index contributed by atoms with van der Waals surface area (Å²) >= 11 is 5.79. The summed E-state index contributed by atoms with van der Waals surface area (Å²) < 4.78 is 0. The number of rotatable bonds is 3. The van der Waals surface area contributed by atoms with Crippen LogP contribution >= 0.6 is 11.6 Å². The van der Waals surface area contributed by atoms with Gasteiger partial charge in [0.15, 0.2) is 0 Å². The van der Waals surface area contributed by atoms with E-state index in [1.54, 1.807) is 6.21 Å². The lowest BCUT2D eigenvalue weighted by Gasteiger charge is -2.00. The molecule has 0 atom stereocenters. The Morgan fingerprint density at radius 1 is 1.12 bits per heavy atom. The molecule has 2 aromatic rings. The molecule has 2 nitrogen and oxygen atoms in total. The molecule has 0 aliphatic carbocycles. The molecule has 0 saturated carbocycles. The van der Waals surface area contributed by atoms with Crippen LogP contribution in [0, 0.1) is 6.92 Å². The van der Waals surface area contributed by atoms with E-state index in [2.05, 4.69) is 29.6 Å². The van der Waals surface area contributed by atoms with E-state index in [0.717, 1.165) is 16.3 Å². The predicted molar refractivity (Wildman–Crippen MR) is 73.8 cm³/mol. The van der Waals surface area contributed by atoms with Crippen molar-refractivity contribution in [2.45, 2.75) is 6.92 Å². The molecule has 3 heteroatoms. The minimum absolute atomic E-state index is 0.721. The van der Waals surface area contributed by atoms with Gasteiger partial charge in [-0.05, 0) is 36.8 Å². The monoisotopic (exact) mass is 244 g/mol. The third-order valence-corrected chi connectivity index (χ3v) is 2.55. The summed E-state index contributed by atoms with van der Waals surface area (Å²) in [5.41, 5.74) is 6.16. The molecule has 0 bridgehead atoms. The second-order valence-electron chi connectivity index (χ2n) is 3.79. The maximum Gasteiger partial charge on any atom is 0.0562 e. The highest BCUT2D eigenvalue weighted by Crippen LogP contribution is 2.13. The van der Waals surface area contributed by atoms with Crippen LogP contribution in [0.25, 0.3) is 0 Å². The lowest BCUT2D eigenvalue weighted by atomic mass is 10.2. The Morgan fingerprint density at radius 2 is 1.88 bits per heavy atom. The number of benzene rings is 2. The average molecular weight is 245 g/mol. The number of hydrazone groups is 1. The molecule has 86 valence electrons. The first-order valence-electron chi connectivity index (χ1n) is 5.35. The molecule has 0 fully saturated rings. The lowest BCUT2D eigenvalue weighted by Crippen LogP contribution is -1.90. The molecule has 0 amide bonds. The van der Waals surface area contributed by atoms with Crippen LogP contribution in [0.15, 0.2) is 53.6 Å². The molecule has 0 aliphatic heterocycles. The standard InChI is InChI=1S/C14H13ClN2/c1-11-3-2-4-12(9-11)10-16-17-14-7-5-13(15)6-8-14/h2-10,17H,1H3/b16-10-. The summed E-state index contributed by atoms with van der Waals surface area (Å²) in [4.78, 5) is 0. The largest absolute Gasteiger partial charge is 0.279 e. The van der Waals surface area contributed by atoms with E-state index in [4.69, 9.17) is 11.6 Å². The fraction of sp³-hybridized carbons (Fsp3) is 0.0714. The average Bonchev–Trinajstić information content (AvgIpc) is 2.32. The maximum atomic E-state index is 5.79. The highest BCUT2D eigenvalue weighted by Gasteiger charge is 1.90. The molecular formula is C14H13ClN2. The van der Waals surface area contributed by atoms with Crippen LogP contribution in [-0.4, -0.2) is 6.21 Å². The van der Waals surface area contributed by atoms with Crippen LogP contribution in [-0.2, 0) is 0 Å². The van der Waals surface area contributed by atoms with Gasteiger partial charge in [-0.15, -0.1) is 0 Å². The van der Waals surface area contributed by atoms with Crippen molar-refractivity contribution in [3.05, 3.63) is 64.7 Å². The molecule has 0 spiro atoms. The fourth-order valence-electron chi connectivity index (χ4n) is 1.46. The van der Waals surface area contributed by atoms with Gasteiger partial charge in [0.1, 0.15) is 0 Å². The predicted octanol–water partition coefficient (Wildman–Crippen LogP) is 4.09. The van der Waals surface area contributed by atoms with Crippen molar-refractivity contribution in [1.82, 2.24) is 0 Å². The van der Waals surface area contributed by atoms with Crippen LogP contribution in [0.3, 0.4) is 0 Å². The van der Waals surface area contributed by atoms with Gasteiger partial charge in [-0.3, -0.25) is 5.43 Å². The zero-order valence-corrected chi connectivity index (χ0v) is 10.3. The fourth-order valence-corrected chi connectivity index (χ4v) is 1.58. The number of aryl methyl sites for hydroxylation is 1. The molecule has 0 radical (unpaired) electrons. The van der Waals surface area contributed by atoms with Crippen molar-refractivity contribution in [2.75, 3.05) is 5.43 Å². The summed E-state index contributed by atoms with van der Waals surface area (Å²) in [5.74, 6) is 0. The van der Waals surface area contributed by atoms with Gasteiger partial charge in [0.05, 0.1) is 11.9 Å². The molecular weight excluding hydrogens is 232 g/mol. The van der Waals surface area contributed by atoms with Gasteiger partial charge in [-0.1, -0.05) is 41.4 Å². The van der Waals surface area contributed by atoms with Gasteiger partial charge in [-0.2, -0.15) is 5.10 Å². The van der Waals surface area contributed by atoms with Crippen molar-refractivity contribution in [3.63, 3.8) is 0 Å². The molecule has 0 aromatic heterocycles. The smallest absolute Gasteiger partial charge is 0.0562 e. The molecule has 2 rings (SSSR count). The van der Waals surface area contributed by atoms with Gasteiger partial charge in [0, 0.05) is 5.02 Å². The highest BCUT2D eigenvalue weighted by molar-refractivity contribution is 6.30. The summed E-state index contributed by atoms with van der Waals surface area (Å²) in [6.45, 7) is 2.06. The van der Waals surface area contributed by atoms with Crippen molar-refractivity contribution < 1.29 is 0 Å². The quantitative estimate of drug-likeness (QED) is 0.638. The van der Waals surface area contributed by atoms with Crippen LogP contribution < -0.4 is 5.43 Å². The minimum Gasteiger partial charge on any atom is -0.279 e. The van der Waals surface area contributed by atoms with Gasteiger partial charge in [0.2, 0.25) is 0 Å². The molecule has 0 unspecified atom stereocenters. The second kappa shape index (κ2) is 5.51. The molecule has 0 saturated heterocycles. The Morgan fingerprint density at radius 3 is 2.59 bits per heavy atom. The van der Waals surface area contributed by atoms with Crippen LogP contribution in [0.2, 0.25) is 5.02 Å². The van der Waals surface area contributed by atoms with Crippen LogP contribution in [0.5, 0.6) is 0 Å². The van der Waals surface area contributed by atoms with Crippen molar-refractivity contribution in [2.24, 2.45) is 5.10 Å². The lowest BCUT2D eigenvalue weighted by molar-refractivity contribution is 1.35. The van der Waals surface area contributed by atoms with Crippen LogP contribution in [0.4, 0.5) is 5.69 Å². The Balaban J connectivity index is 2.00. The maximum absolute atomic E-state index is 5.79. The third-order valence-electron chi connectivity index (χ3n) is 2.29. The first-order valence-corrected chi connectivity index (χ1v) is 5.73. The van der Waals surface area contributed by atoms with Gasteiger partial charge in [-0.25, -0.2) is 0 Å². The van der Waals surface area contributed by atoms with Crippen LogP contribution in [0.1, 0.15) is 11.1 Å². The first kappa shape index (κ1) is 11.7. The SMILES string of the molecule is Cc1cccc(/C=N\Nc2ccc(Cl)cc2)c1. The normalized spacial score (nSPS) is 10.7. The number of nitrogens with one attached hydrogen (secondary N) is 1. The topological polar surface area (TPSA) is 24.4 Å². The summed E-state index contributed by atoms with van der Waals surface area (Å²) in [5, 5.41) is 4.89. The van der Waals surface area contributed by atoms with Gasteiger partial charge in [0.25, 0.3) is 0 Å². The van der Waals surface area contributed by atoms with E-state index in [1.165, 1.54) is 5.56 Å². The summed E-state index contributed by atoms with van der Waals surface area (Å²) in [6, 6.07) is 15.6. The Hall–Kier alpha value is -1.80. The number of anilines is 1. The minimum atomic E-state index is 0.721. The molecule has 0 aliphatic rings. The van der Waals surface area contributed by atoms with Gasteiger partial charge < -0.3 is 0 Å². The summed E-state index contributed by atoms with van der Waals surface area (Å²) in [7, 11) is 0. The van der Waals surface area contributed by atoms with Gasteiger partial charge >= 0.3 is 0 Å². The molecule has 0 heterocycles. The van der Waals surface area contributed by atoms with E-state index >= 15 is 0 Å². The van der Waals surface area contributed by atoms with E-state index in [9.17, 15) is 0 Å². The Kier molecular flexibility index (Phi) is 3.78. The van der Waals surface area contributed by atoms with E-state index in [1.807, 2.05) is 36.4 Å². The zero-order chi connectivity index (χ0) is 12.1. The van der Waals surface area contributed by atoms with E-state index in [0.29, 0.717) is 0 Å². The third kappa shape index (κ3) is 3.61. The van der Waals surface area contributed by atoms with E-state index in [-0.39, 0.29) is 0 Å². The number of nitrogens with zero attached hydrogens (tertiary/aromatic N) is 1. The van der Waals surface area contributed by atoms with Crippen molar-refractivity contribution in [3.8, 4) is 0 Å².